The first kappa shape index (κ1) is 10.8. The highest BCUT2D eigenvalue weighted by Crippen LogP contribution is 2.29. The molecular weight excluding hydrogens is 182 g/mol. The molecule has 0 amide bonds. The van der Waals surface area contributed by atoms with Crippen LogP contribution in [0.5, 0.6) is 0 Å². The second kappa shape index (κ2) is 3.46. The predicted octanol–water partition coefficient (Wildman–Crippen LogP) is 1.73. The van der Waals surface area contributed by atoms with E-state index in [1.54, 1.807) is 0 Å². The van der Waals surface area contributed by atoms with Crippen molar-refractivity contribution in [3.63, 3.8) is 0 Å². The first-order chi connectivity index (χ1) is 6.38. The lowest BCUT2D eigenvalue weighted by Crippen LogP contribution is -2.16. The van der Waals surface area contributed by atoms with Gasteiger partial charge in [0.1, 0.15) is 11.3 Å². The summed E-state index contributed by atoms with van der Waals surface area (Å²) in [4.78, 5) is 11.0. The highest BCUT2D eigenvalue weighted by molar-refractivity contribution is 5.91. The molecule has 0 radical (unpaired) electrons. The standard InChI is InChI=1S/C10H15NO3/c1-10(2,3)6-5-14-7(4-11)8(6)9(12)13/h5H,4,11H2,1-3H3,(H,12,13). The third kappa shape index (κ3) is 1.80. The molecule has 4 heteroatoms. The van der Waals surface area contributed by atoms with Gasteiger partial charge in [-0.15, -0.1) is 0 Å². The van der Waals surface area contributed by atoms with Gasteiger partial charge in [0.15, 0.2) is 0 Å². The maximum Gasteiger partial charge on any atom is 0.339 e. The zero-order chi connectivity index (χ0) is 10.9. The van der Waals surface area contributed by atoms with Crippen LogP contribution in [-0.2, 0) is 12.0 Å². The van der Waals surface area contributed by atoms with Gasteiger partial charge >= 0.3 is 5.97 Å². The van der Waals surface area contributed by atoms with Crippen LogP contribution in [0.2, 0.25) is 0 Å². The molecule has 0 saturated carbocycles. The van der Waals surface area contributed by atoms with Crippen LogP contribution >= 0.6 is 0 Å². The maximum atomic E-state index is 11.0. The highest BCUT2D eigenvalue weighted by Gasteiger charge is 2.27. The smallest absolute Gasteiger partial charge is 0.339 e. The molecule has 4 nitrogen and oxygen atoms in total. The first-order valence-corrected chi connectivity index (χ1v) is 4.42. The summed E-state index contributed by atoms with van der Waals surface area (Å²) >= 11 is 0. The number of hydrogen-bond acceptors (Lipinski definition) is 3. The average Bonchev–Trinajstić information content (AvgIpc) is 2.45. The van der Waals surface area contributed by atoms with Crippen molar-refractivity contribution in [3.05, 3.63) is 23.2 Å². The van der Waals surface area contributed by atoms with Gasteiger partial charge in [-0.2, -0.15) is 0 Å². The minimum absolute atomic E-state index is 0.109. The Bertz CT molecular complexity index is 347. The van der Waals surface area contributed by atoms with E-state index < -0.39 is 5.97 Å². The van der Waals surface area contributed by atoms with Crippen molar-refractivity contribution in [2.24, 2.45) is 5.73 Å². The molecule has 0 aliphatic heterocycles. The second-order valence-corrected chi connectivity index (χ2v) is 4.21. The van der Waals surface area contributed by atoms with Gasteiger partial charge in [0.25, 0.3) is 0 Å². The molecule has 3 N–H and O–H groups in total. The van der Waals surface area contributed by atoms with Gasteiger partial charge in [0, 0.05) is 5.56 Å². The monoisotopic (exact) mass is 197 g/mol. The Balaban J connectivity index is 3.32. The normalized spacial score (nSPS) is 11.7. The fourth-order valence-electron chi connectivity index (χ4n) is 1.33. The molecule has 0 aliphatic carbocycles. The quantitative estimate of drug-likeness (QED) is 0.757. The Morgan fingerprint density at radius 2 is 2.14 bits per heavy atom. The number of carbonyl (C=O) groups is 1. The van der Waals surface area contributed by atoms with E-state index in [1.807, 2.05) is 20.8 Å². The van der Waals surface area contributed by atoms with Crippen molar-refractivity contribution in [3.8, 4) is 0 Å². The van der Waals surface area contributed by atoms with Crippen LogP contribution in [0, 0.1) is 0 Å². The van der Waals surface area contributed by atoms with E-state index in [4.69, 9.17) is 15.3 Å². The second-order valence-electron chi connectivity index (χ2n) is 4.21. The molecule has 0 aliphatic rings. The van der Waals surface area contributed by atoms with E-state index in [-0.39, 0.29) is 17.5 Å². The molecule has 1 heterocycles. The minimum atomic E-state index is -0.982. The molecule has 1 aromatic heterocycles. The molecule has 0 spiro atoms. The molecule has 0 bridgehead atoms. The summed E-state index contributed by atoms with van der Waals surface area (Å²) in [6.45, 7) is 5.91. The number of carboxylic acid groups (broad SMARTS) is 1. The summed E-state index contributed by atoms with van der Waals surface area (Å²) in [7, 11) is 0. The molecule has 1 rings (SSSR count). The lowest BCUT2D eigenvalue weighted by Gasteiger charge is -2.17. The molecule has 0 fully saturated rings. The van der Waals surface area contributed by atoms with Crippen LogP contribution in [0.4, 0.5) is 0 Å². The summed E-state index contributed by atoms with van der Waals surface area (Å²) in [5.41, 5.74) is 6.04. The third-order valence-corrected chi connectivity index (χ3v) is 2.07. The summed E-state index contributed by atoms with van der Waals surface area (Å²) < 4.78 is 5.13. The van der Waals surface area contributed by atoms with Crippen molar-refractivity contribution in [1.29, 1.82) is 0 Å². The van der Waals surface area contributed by atoms with Crippen molar-refractivity contribution in [1.82, 2.24) is 0 Å². The van der Waals surface area contributed by atoms with Gasteiger partial charge in [0.2, 0.25) is 0 Å². The zero-order valence-corrected chi connectivity index (χ0v) is 8.63. The Morgan fingerprint density at radius 3 is 2.50 bits per heavy atom. The number of rotatable bonds is 2. The Morgan fingerprint density at radius 1 is 1.57 bits per heavy atom. The Hall–Kier alpha value is -1.29. The highest BCUT2D eigenvalue weighted by atomic mass is 16.4. The topological polar surface area (TPSA) is 76.5 Å². The lowest BCUT2D eigenvalue weighted by molar-refractivity contribution is 0.0692. The van der Waals surface area contributed by atoms with Crippen molar-refractivity contribution >= 4 is 5.97 Å². The van der Waals surface area contributed by atoms with E-state index in [9.17, 15) is 4.79 Å². The van der Waals surface area contributed by atoms with Crippen LogP contribution in [0.3, 0.4) is 0 Å². The Labute approximate surface area is 82.7 Å². The van der Waals surface area contributed by atoms with Crippen molar-refractivity contribution in [2.75, 3.05) is 0 Å². The summed E-state index contributed by atoms with van der Waals surface area (Å²) in [6, 6.07) is 0. The van der Waals surface area contributed by atoms with Gasteiger partial charge in [-0.05, 0) is 5.41 Å². The van der Waals surface area contributed by atoms with Gasteiger partial charge in [-0.25, -0.2) is 4.79 Å². The van der Waals surface area contributed by atoms with E-state index in [2.05, 4.69) is 0 Å². The molecule has 0 aromatic carbocycles. The Kier molecular flexibility index (Phi) is 2.66. The number of hydrogen-bond donors (Lipinski definition) is 2. The molecular formula is C10H15NO3. The average molecular weight is 197 g/mol. The predicted molar refractivity (Wildman–Crippen MR) is 52.3 cm³/mol. The van der Waals surface area contributed by atoms with Gasteiger partial charge in [0.05, 0.1) is 12.8 Å². The fraction of sp³-hybridized carbons (Fsp3) is 0.500. The van der Waals surface area contributed by atoms with Crippen LogP contribution in [0.25, 0.3) is 0 Å². The van der Waals surface area contributed by atoms with Crippen LogP contribution in [0.1, 0.15) is 42.5 Å². The van der Waals surface area contributed by atoms with Crippen molar-refractivity contribution < 1.29 is 14.3 Å². The number of nitrogens with two attached hydrogens (primary N) is 1. The maximum absolute atomic E-state index is 11.0. The molecule has 0 unspecified atom stereocenters. The van der Waals surface area contributed by atoms with Crippen molar-refractivity contribution in [2.45, 2.75) is 32.7 Å². The first-order valence-electron chi connectivity index (χ1n) is 4.42. The van der Waals surface area contributed by atoms with Crippen LogP contribution in [-0.4, -0.2) is 11.1 Å². The zero-order valence-electron chi connectivity index (χ0n) is 8.63. The van der Waals surface area contributed by atoms with Gasteiger partial charge in [-0.1, -0.05) is 20.8 Å². The number of carboxylic acids is 1. The summed E-state index contributed by atoms with van der Waals surface area (Å²) in [5.74, 6) is -0.647. The number of furan rings is 1. The molecule has 14 heavy (non-hydrogen) atoms. The number of aromatic carboxylic acids is 1. The summed E-state index contributed by atoms with van der Waals surface area (Å²) in [5, 5.41) is 9.01. The van der Waals surface area contributed by atoms with Crippen LogP contribution in [0.15, 0.2) is 10.7 Å². The van der Waals surface area contributed by atoms with E-state index >= 15 is 0 Å². The largest absolute Gasteiger partial charge is 0.478 e. The fourth-order valence-corrected chi connectivity index (χ4v) is 1.33. The van der Waals surface area contributed by atoms with Gasteiger partial charge in [-0.3, -0.25) is 0 Å². The van der Waals surface area contributed by atoms with E-state index in [0.29, 0.717) is 11.3 Å². The minimum Gasteiger partial charge on any atom is -0.478 e. The van der Waals surface area contributed by atoms with Crippen LogP contribution < -0.4 is 5.73 Å². The van der Waals surface area contributed by atoms with E-state index in [1.165, 1.54) is 6.26 Å². The van der Waals surface area contributed by atoms with Gasteiger partial charge < -0.3 is 15.3 Å². The lowest BCUT2D eigenvalue weighted by atomic mass is 9.86. The molecule has 0 saturated heterocycles. The molecule has 0 atom stereocenters. The molecule has 1 aromatic rings. The molecule has 78 valence electrons. The third-order valence-electron chi connectivity index (χ3n) is 2.07. The summed E-state index contributed by atoms with van der Waals surface area (Å²) in [6.07, 6.45) is 1.48. The van der Waals surface area contributed by atoms with E-state index in [0.717, 1.165) is 0 Å². The SMILES string of the molecule is CC(C)(C)c1coc(CN)c1C(=O)O.